The van der Waals surface area contributed by atoms with Crippen LogP contribution in [0.4, 0.5) is 5.69 Å². The molecule has 1 N–H and O–H groups in total. The third-order valence-corrected chi connectivity index (χ3v) is 4.14. The van der Waals surface area contributed by atoms with E-state index in [1.54, 1.807) is 35.6 Å². The van der Waals surface area contributed by atoms with Crippen molar-refractivity contribution in [2.45, 2.75) is 0 Å². The molecule has 1 heterocycles. The van der Waals surface area contributed by atoms with Gasteiger partial charge in [0.05, 0.1) is 11.6 Å². The number of amides is 1. The monoisotopic (exact) mass is 304 g/mol. The molecular formula is C18H12N2OS. The highest BCUT2D eigenvalue weighted by molar-refractivity contribution is 7.13. The number of nitriles is 1. The Kier molecular flexibility index (Phi) is 3.99. The fraction of sp³-hybridized carbons (Fsp3) is 0. The fourth-order valence-corrected chi connectivity index (χ4v) is 2.90. The molecule has 0 radical (unpaired) electrons. The first kappa shape index (κ1) is 14.1. The molecule has 0 spiro atoms. The van der Waals surface area contributed by atoms with E-state index in [4.69, 9.17) is 5.26 Å². The van der Waals surface area contributed by atoms with Crippen LogP contribution in [0.2, 0.25) is 0 Å². The Hall–Kier alpha value is -2.90. The van der Waals surface area contributed by atoms with E-state index in [9.17, 15) is 4.79 Å². The Morgan fingerprint density at radius 2 is 1.77 bits per heavy atom. The maximum atomic E-state index is 12.3. The lowest BCUT2D eigenvalue weighted by Crippen LogP contribution is -2.12. The average molecular weight is 304 g/mol. The van der Waals surface area contributed by atoms with Crippen molar-refractivity contribution >= 4 is 22.9 Å². The van der Waals surface area contributed by atoms with Gasteiger partial charge in [-0.2, -0.15) is 5.26 Å². The van der Waals surface area contributed by atoms with Gasteiger partial charge in [-0.15, -0.1) is 11.3 Å². The molecule has 0 aliphatic heterocycles. The lowest BCUT2D eigenvalue weighted by atomic mass is 10.1. The Labute approximate surface area is 132 Å². The summed E-state index contributed by atoms with van der Waals surface area (Å²) in [6, 6.07) is 20.4. The van der Waals surface area contributed by atoms with E-state index in [1.165, 1.54) is 0 Å². The summed E-state index contributed by atoms with van der Waals surface area (Å²) >= 11 is 1.63. The van der Waals surface area contributed by atoms with Crippen molar-refractivity contribution in [3.8, 4) is 16.5 Å². The number of carbonyl (C=O) groups is 1. The number of hydrogen-bond acceptors (Lipinski definition) is 3. The van der Waals surface area contributed by atoms with Crippen LogP contribution in [0.25, 0.3) is 10.4 Å². The van der Waals surface area contributed by atoms with Gasteiger partial charge in [-0.05, 0) is 41.8 Å². The van der Waals surface area contributed by atoms with Gasteiger partial charge >= 0.3 is 0 Å². The second-order valence-corrected chi connectivity index (χ2v) is 5.61. The van der Waals surface area contributed by atoms with Crippen LogP contribution in [0.5, 0.6) is 0 Å². The maximum Gasteiger partial charge on any atom is 0.255 e. The van der Waals surface area contributed by atoms with E-state index >= 15 is 0 Å². The lowest BCUT2D eigenvalue weighted by Gasteiger charge is -2.10. The first-order chi connectivity index (χ1) is 10.8. The molecule has 1 aromatic heterocycles. The predicted molar refractivity (Wildman–Crippen MR) is 88.9 cm³/mol. The van der Waals surface area contributed by atoms with Gasteiger partial charge in [0, 0.05) is 21.7 Å². The summed E-state index contributed by atoms with van der Waals surface area (Å²) in [5.41, 5.74) is 2.84. The Morgan fingerprint density at radius 3 is 2.45 bits per heavy atom. The van der Waals surface area contributed by atoms with Crippen molar-refractivity contribution in [2.24, 2.45) is 0 Å². The molecule has 0 unspecified atom stereocenters. The summed E-state index contributed by atoms with van der Waals surface area (Å²) in [6.45, 7) is 0. The molecule has 22 heavy (non-hydrogen) atoms. The van der Waals surface area contributed by atoms with Gasteiger partial charge in [0.2, 0.25) is 0 Å². The fourth-order valence-electron chi connectivity index (χ4n) is 2.13. The largest absolute Gasteiger partial charge is 0.321 e. The van der Waals surface area contributed by atoms with Gasteiger partial charge in [-0.25, -0.2) is 0 Å². The molecule has 0 aliphatic carbocycles. The second kappa shape index (κ2) is 6.25. The summed E-state index contributed by atoms with van der Waals surface area (Å²) in [5.74, 6) is -0.187. The molecular weight excluding hydrogens is 292 g/mol. The maximum absolute atomic E-state index is 12.3. The van der Waals surface area contributed by atoms with Gasteiger partial charge in [0.25, 0.3) is 5.91 Å². The zero-order chi connectivity index (χ0) is 15.4. The van der Waals surface area contributed by atoms with Crippen molar-refractivity contribution in [1.29, 1.82) is 5.26 Å². The normalized spacial score (nSPS) is 9.95. The van der Waals surface area contributed by atoms with Gasteiger partial charge < -0.3 is 5.32 Å². The molecule has 3 nitrogen and oxygen atoms in total. The van der Waals surface area contributed by atoms with E-state index < -0.39 is 0 Å². The quantitative estimate of drug-likeness (QED) is 0.772. The number of para-hydroxylation sites is 1. The van der Waals surface area contributed by atoms with Crippen LogP contribution >= 0.6 is 11.3 Å². The third kappa shape index (κ3) is 2.90. The lowest BCUT2D eigenvalue weighted by molar-refractivity contribution is 0.102. The Balaban J connectivity index is 1.87. The SMILES string of the molecule is N#Cc1ccc(C(=O)Nc2ccccc2-c2cccs2)cc1. The molecule has 1 amide bonds. The molecule has 0 atom stereocenters. The molecule has 106 valence electrons. The number of carbonyl (C=O) groups excluding carboxylic acids is 1. The highest BCUT2D eigenvalue weighted by Crippen LogP contribution is 2.31. The molecule has 0 saturated heterocycles. The summed E-state index contributed by atoms with van der Waals surface area (Å²) in [5, 5.41) is 13.7. The average Bonchev–Trinajstić information content (AvgIpc) is 3.10. The summed E-state index contributed by atoms with van der Waals surface area (Å²) in [4.78, 5) is 13.5. The smallest absolute Gasteiger partial charge is 0.255 e. The first-order valence-electron chi connectivity index (χ1n) is 6.72. The van der Waals surface area contributed by atoms with Crippen molar-refractivity contribution in [1.82, 2.24) is 0 Å². The van der Waals surface area contributed by atoms with Gasteiger partial charge in [0.15, 0.2) is 0 Å². The van der Waals surface area contributed by atoms with Crippen LogP contribution in [-0.2, 0) is 0 Å². The van der Waals surface area contributed by atoms with E-state index in [2.05, 4.69) is 5.32 Å². The first-order valence-corrected chi connectivity index (χ1v) is 7.60. The zero-order valence-electron chi connectivity index (χ0n) is 11.6. The number of hydrogen-bond donors (Lipinski definition) is 1. The highest BCUT2D eigenvalue weighted by atomic mass is 32.1. The summed E-state index contributed by atoms with van der Waals surface area (Å²) < 4.78 is 0. The minimum absolute atomic E-state index is 0.187. The van der Waals surface area contributed by atoms with E-state index in [0.717, 1.165) is 16.1 Å². The van der Waals surface area contributed by atoms with Crippen LogP contribution in [0.15, 0.2) is 66.0 Å². The molecule has 0 aliphatic rings. The van der Waals surface area contributed by atoms with Crippen LogP contribution in [0, 0.1) is 11.3 Å². The van der Waals surface area contributed by atoms with Crippen molar-refractivity contribution in [3.63, 3.8) is 0 Å². The molecule has 2 aromatic carbocycles. The minimum atomic E-state index is -0.187. The molecule has 3 rings (SSSR count). The standard InChI is InChI=1S/C18H12N2OS/c19-12-13-7-9-14(10-8-13)18(21)20-16-5-2-1-4-15(16)17-6-3-11-22-17/h1-11H,(H,20,21). The second-order valence-electron chi connectivity index (χ2n) is 4.67. The van der Waals surface area contributed by atoms with Crippen LogP contribution in [-0.4, -0.2) is 5.91 Å². The topological polar surface area (TPSA) is 52.9 Å². The number of nitrogens with zero attached hydrogens (tertiary/aromatic N) is 1. The van der Waals surface area contributed by atoms with Crippen LogP contribution in [0.1, 0.15) is 15.9 Å². The molecule has 4 heteroatoms. The Bertz CT molecular complexity index is 830. The van der Waals surface area contributed by atoms with Crippen LogP contribution in [0.3, 0.4) is 0 Å². The van der Waals surface area contributed by atoms with Crippen LogP contribution < -0.4 is 5.32 Å². The zero-order valence-corrected chi connectivity index (χ0v) is 12.4. The van der Waals surface area contributed by atoms with Crippen molar-refractivity contribution < 1.29 is 4.79 Å². The number of thiophene rings is 1. The number of benzene rings is 2. The van der Waals surface area contributed by atoms with E-state index in [0.29, 0.717) is 11.1 Å². The number of rotatable bonds is 3. The summed E-state index contributed by atoms with van der Waals surface area (Å²) in [7, 11) is 0. The minimum Gasteiger partial charge on any atom is -0.321 e. The van der Waals surface area contributed by atoms with E-state index in [-0.39, 0.29) is 5.91 Å². The highest BCUT2D eigenvalue weighted by Gasteiger charge is 2.10. The van der Waals surface area contributed by atoms with Crippen molar-refractivity contribution in [3.05, 3.63) is 77.2 Å². The van der Waals surface area contributed by atoms with E-state index in [1.807, 2.05) is 47.8 Å². The van der Waals surface area contributed by atoms with Gasteiger partial charge in [-0.1, -0.05) is 24.3 Å². The van der Waals surface area contributed by atoms with Crippen molar-refractivity contribution in [2.75, 3.05) is 5.32 Å². The molecule has 0 fully saturated rings. The molecule has 0 bridgehead atoms. The van der Waals surface area contributed by atoms with Gasteiger partial charge in [-0.3, -0.25) is 4.79 Å². The third-order valence-electron chi connectivity index (χ3n) is 3.24. The predicted octanol–water partition coefficient (Wildman–Crippen LogP) is 4.54. The Morgan fingerprint density at radius 1 is 1.00 bits per heavy atom. The number of nitrogens with one attached hydrogen (secondary N) is 1. The molecule has 3 aromatic rings. The van der Waals surface area contributed by atoms with Gasteiger partial charge in [0.1, 0.15) is 0 Å². The summed E-state index contributed by atoms with van der Waals surface area (Å²) in [6.07, 6.45) is 0. The number of anilines is 1. The molecule has 0 saturated carbocycles.